The first kappa shape index (κ1) is 9.10. The Morgan fingerprint density at radius 1 is 1.58 bits per heavy atom. The number of hydrogen-bond donors (Lipinski definition) is 1. The maximum Gasteiger partial charge on any atom is 0.407 e. The fourth-order valence-corrected chi connectivity index (χ4v) is 1.46. The van der Waals surface area contributed by atoms with Gasteiger partial charge in [-0.1, -0.05) is 12.2 Å². The molecule has 3 heteroatoms. The topological polar surface area (TPSA) is 40.5 Å². The maximum atomic E-state index is 10.8. The van der Waals surface area contributed by atoms with Crippen LogP contribution in [-0.2, 0) is 0 Å². The SMILES string of the molecule is CC1(C)C=CCCCN1C(=O)O. The average molecular weight is 169 g/mol. The zero-order valence-corrected chi connectivity index (χ0v) is 7.58. The fraction of sp³-hybridized carbons (Fsp3) is 0.667. The molecule has 0 spiro atoms. The van der Waals surface area contributed by atoms with Crippen LogP contribution in [0.1, 0.15) is 26.7 Å². The third-order valence-corrected chi connectivity index (χ3v) is 2.20. The Hall–Kier alpha value is -0.990. The van der Waals surface area contributed by atoms with Crippen molar-refractivity contribution in [1.82, 2.24) is 4.90 Å². The summed E-state index contributed by atoms with van der Waals surface area (Å²) in [5.74, 6) is 0. The first-order chi connectivity index (χ1) is 5.54. The predicted molar refractivity (Wildman–Crippen MR) is 47.2 cm³/mol. The molecule has 0 aromatic carbocycles. The first-order valence-corrected chi connectivity index (χ1v) is 4.22. The number of carbonyl (C=O) groups is 1. The second-order valence-electron chi connectivity index (χ2n) is 3.63. The van der Waals surface area contributed by atoms with Gasteiger partial charge < -0.3 is 5.11 Å². The molecule has 0 saturated carbocycles. The summed E-state index contributed by atoms with van der Waals surface area (Å²) in [5.41, 5.74) is -0.345. The molecule has 1 aliphatic heterocycles. The summed E-state index contributed by atoms with van der Waals surface area (Å²) in [6.45, 7) is 4.47. The van der Waals surface area contributed by atoms with Crippen LogP contribution in [0.15, 0.2) is 12.2 Å². The number of hydrogen-bond acceptors (Lipinski definition) is 1. The quantitative estimate of drug-likeness (QED) is 0.564. The van der Waals surface area contributed by atoms with Gasteiger partial charge in [-0.05, 0) is 26.7 Å². The summed E-state index contributed by atoms with van der Waals surface area (Å²) in [6.07, 6.45) is 5.10. The number of carboxylic acid groups (broad SMARTS) is 1. The molecule has 3 nitrogen and oxygen atoms in total. The van der Waals surface area contributed by atoms with Gasteiger partial charge in [0.25, 0.3) is 0 Å². The summed E-state index contributed by atoms with van der Waals surface area (Å²) in [7, 11) is 0. The van der Waals surface area contributed by atoms with Gasteiger partial charge in [-0.3, -0.25) is 4.90 Å². The molecule has 0 bridgehead atoms. The molecule has 0 radical (unpaired) electrons. The molecule has 1 amide bonds. The minimum Gasteiger partial charge on any atom is -0.465 e. The summed E-state index contributed by atoms with van der Waals surface area (Å²) in [6, 6.07) is 0. The number of allylic oxidation sites excluding steroid dienone is 1. The lowest BCUT2D eigenvalue weighted by Gasteiger charge is -2.32. The Morgan fingerprint density at radius 3 is 2.83 bits per heavy atom. The highest BCUT2D eigenvalue weighted by molar-refractivity contribution is 5.66. The van der Waals surface area contributed by atoms with Crippen LogP contribution in [-0.4, -0.2) is 28.2 Å². The largest absolute Gasteiger partial charge is 0.465 e. The van der Waals surface area contributed by atoms with Crippen molar-refractivity contribution in [3.8, 4) is 0 Å². The Labute approximate surface area is 72.7 Å². The number of nitrogens with zero attached hydrogens (tertiary/aromatic N) is 1. The van der Waals surface area contributed by atoms with Gasteiger partial charge >= 0.3 is 6.09 Å². The van der Waals surface area contributed by atoms with E-state index in [1.54, 1.807) is 0 Å². The molecule has 1 aliphatic rings. The van der Waals surface area contributed by atoms with Crippen molar-refractivity contribution < 1.29 is 9.90 Å². The maximum absolute atomic E-state index is 10.8. The molecule has 0 aromatic heterocycles. The molecule has 0 saturated heterocycles. The van der Waals surface area contributed by atoms with Gasteiger partial charge in [-0.15, -0.1) is 0 Å². The van der Waals surface area contributed by atoms with E-state index in [0.29, 0.717) is 6.54 Å². The van der Waals surface area contributed by atoms with Gasteiger partial charge in [0.05, 0.1) is 5.54 Å². The Morgan fingerprint density at radius 2 is 2.25 bits per heavy atom. The van der Waals surface area contributed by atoms with E-state index < -0.39 is 6.09 Å². The van der Waals surface area contributed by atoms with Gasteiger partial charge in [0.15, 0.2) is 0 Å². The minimum absolute atomic E-state index is 0.345. The predicted octanol–water partition coefficient (Wildman–Crippen LogP) is 2.09. The third-order valence-electron chi connectivity index (χ3n) is 2.20. The first-order valence-electron chi connectivity index (χ1n) is 4.22. The second-order valence-corrected chi connectivity index (χ2v) is 3.63. The van der Waals surface area contributed by atoms with Crippen molar-refractivity contribution in [2.24, 2.45) is 0 Å². The molecule has 0 fully saturated rings. The molecule has 1 N–H and O–H groups in total. The molecule has 1 heterocycles. The standard InChI is InChI=1S/C9H15NO2/c1-9(2)6-4-3-5-7-10(9)8(11)12/h4,6H,3,5,7H2,1-2H3,(H,11,12). The van der Waals surface area contributed by atoms with Gasteiger partial charge in [0, 0.05) is 6.54 Å². The molecular formula is C9H15NO2. The van der Waals surface area contributed by atoms with Crippen molar-refractivity contribution in [2.75, 3.05) is 6.54 Å². The lowest BCUT2D eigenvalue weighted by Crippen LogP contribution is -2.45. The Kier molecular flexibility index (Phi) is 2.40. The lowest BCUT2D eigenvalue weighted by atomic mass is 10.0. The van der Waals surface area contributed by atoms with Crippen LogP contribution in [0.3, 0.4) is 0 Å². The Balaban J connectivity index is 2.82. The van der Waals surface area contributed by atoms with E-state index in [9.17, 15) is 4.79 Å². The summed E-state index contributed by atoms with van der Waals surface area (Å²) < 4.78 is 0. The third kappa shape index (κ3) is 1.78. The van der Waals surface area contributed by atoms with E-state index in [-0.39, 0.29) is 5.54 Å². The zero-order chi connectivity index (χ0) is 9.19. The highest BCUT2D eigenvalue weighted by Crippen LogP contribution is 2.20. The molecule has 0 aliphatic carbocycles. The van der Waals surface area contributed by atoms with Crippen molar-refractivity contribution in [3.63, 3.8) is 0 Å². The van der Waals surface area contributed by atoms with Crippen LogP contribution in [0.2, 0.25) is 0 Å². The van der Waals surface area contributed by atoms with Gasteiger partial charge in [0.1, 0.15) is 0 Å². The highest BCUT2D eigenvalue weighted by Gasteiger charge is 2.28. The van der Waals surface area contributed by atoms with E-state index >= 15 is 0 Å². The van der Waals surface area contributed by atoms with E-state index in [0.717, 1.165) is 12.8 Å². The summed E-state index contributed by atoms with van der Waals surface area (Å²) >= 11 is 0. The van der Waals surface area contributed by atoms with Crippen molar-refractivity contribution >= 4 is 6.09 Å². The normalized spacial score (nSPS) is 22.0. The van der Waals surface area contributed by atoms with Crippen LogP contribution in [0.5, 0.6) is 0 Å². The van der Waals surface area contributed by atoms with Crippen molar-refractivity contribution in [1.29, 1.82) is 0 Å². The van der Waals surface area contributed by atoms with Crippen LogP contribution in [0.4, 0.5) is 4.79 Å². The molecule has 0 atom stereocenters. The summed E-state index contributed by atoms with van der Waals surface area (Å²) in [5, 5.41) is 8.89. The highest BCUT2D eigenvalue weighted by atomic mass is 16.4. The summed E-state index contributed by atoms with van der Waals surface area (Å²) in [4.78, 5) is 12.3. The fourth-order valence-electron chi connectivity index (χ4n) is 1.46. The van der Waals surface area contributed by atoms with Gasteiger partial charge in [-0.25, -0.2) is 4.79 Å². The lowest BCUT2D eigenvalue weighted by molar-refractivity contribution is 0.112. The second kappa shape index (κ2) is 3.17. The molecule has 1 rings (SSSR count). The van der Waals surface area contributed by atoms with E-state index in [2.05, 4.69) is 6.08 Å². The minimum atomic E-state index is -0.827. The van der Waals surface area contributed by atoms with E-state index in [4.69, 9.17) is 5.11 Å². The molecule has 68 valence electrons. The molecule has 0 aromatic rings. The zero-order valence-electron chi connectivity index (χ0n) is 7.58. The van der Waals surface area contributed by atoms with Crippen LogP contribution >= 0.6 is 0 Å². The van der Waals surface area contributed by atoms with Crippen LogP contribution in [0, 0.1) is 0 Å². The Bertz CT molecular complexity index is 209. The average Bonchev–Trinajstić information content (AvgIpc) is 2.09. The van der Waals surface area contributed by atoms with Gasteiger partial charge in [0.2, 0.25) is 0 Å². The molecule has 0 unspecified atom stereocenters. The van der Waals surface area contributed by atoms with Crippen LogP contribution < -0.4 is 0 Å². The number of rotatable bonds is 0. The smallest absolute Gasteiger partial charge is 0.407 e. The number of amides is 1. The van der Waals surface area contributed by atoms with E-state index in [1.165, 1.54) is 4.90 Å². The van der Waals surface area contributed by atoms with Gasteiger partial charge in [-0.2, -0.15) is 0 Å². The monoisotopic (exact) mass is 169 g/mol. The van der Waals surface area contributed by atoms with Crippen molar-refractivity contribution in [2.45, 2.75) is 32.2 Å². The van der Waals surface area contributed by atoms with E-state index in [1.807, 2.05) is 19.9 Å². The molecular weight excluding hydrogens is 154 g/mol. The van der Waals surface area contributed by atoms with Crippen molar-refractivity contribution in [3.05, 3.63) is 12.2 Å². The molecule has 12 heavy (non-hydrogen) atoms. The van der Waals surface area contributed by atoms with Crippen LogP contribution in [0.25, 0.3) is 0 Å².